The third-order valence-electron chi connectivity index (χ3n) is 3.93. The Morgan fingerprint density at radius 3 is 2.62 bits per heavy atom. The molecule has 0 saturated carbocycles. The van der Waals surface area contributed by atoms with Gasteiger partial charge in [0, 0.05) is 26.2 Å². The van der Waals surface area contributed by atoms with Gasteiger partial charge in [-0.1, -0.05) is 30.3 Å². The summed E-state index contributed by atoms with van der Waals surface area (Å²) in [5, 5.41) is 8.21. The van der Waals surface area contributed by atoms with Crippen LogP contribution in [0, 0.1) is 0 Å². The zero-order valence-electron chi connectivity index (χ0n) is 13.9. The average molecular weight is 332 g/mol. The molecule has 7 heteroatoms. The molecule has 1 saturated heterocycles. The topological polar surface area (TPSA) is 90.5 Å². The Kier molecular flexibility index (Phi) is 6.74. The minimum absolute atomic E-state index is 0.0338. The van der Waals surface area contributed by atoms with Gasteiger partial charge in [0.15, 0.2) is 0 Å². The first-order valence-corrected chi connectivity index (χ1v) is 8.13. The van der Waals surface area contributed by atoms with E-state index in [-0.39, 0.29) is 18.5 Å². The monoisotopic (exact) mass is 332 g/mol. The maximum atomic E-state index is 12.0. The van der Waals surface area contributed by atoms with E-state index in [2.05, 4.69) is 16.0 Å². The first kappa shape index (κ1) is 17.9. The molecule has 1 aliphatic heterocycles. The fourth-order valence-corrected chi connectivity index (χ4v) is 2.54. The van der Waals surface area contributed by atoms with Crippen LogP contribution in [-0.2, 0) is 20.9 Å². The van der Waals surface area contributed by atoms with E-state index in [1.54, 1.807) is 7.05 Å². The fourth-order valence-electron chi connectivity index (χ4n) is 2.54. The molecular formula is C17H24N4O3. The summed E-state index contributed by atoms with van der Waals surface area (Å²) in [7, 11) is 1.66. The van der Waals surface area contributed by atoms with Gasteiger partial charge in [0.1, 0.15) is 0 Å². The van der Waals surface area contributed by atoms with Crippen molar-refractivity contribution in [1.82, 2.24) is 20.9 Å². The number of hydrogen-bond donors (Lipinski definition) is 3. The van der Waals surface area contributed by atoms with Gasteiger partial charge in [-0.2, -0.15) is 0 Å². The number of carbonyl (C=O) groups excluding carboxylic acids is 3. The van der Waals surface area contributed by atoms with Crippen LogP contribution in [-0.4, -0.2) is 55.3 Å². The van der Waals surface area contributed by atoms with Crippen LogP contribution in [0.5, 0.6) is 0 Å². The second-order valence-corrected chi connectivity index (χ2v) is 5.93. The van der Waals surface area contributed by atoms with Crippen LogP contribution in [0.1, 0.15) is 18.4 Å². The highest BCUT2D eigenvalue weighted by molar-refractivity contribution is 6.35. The highest BCUT2D eigenvalue weighted by Crippen LogP contribution is 2.02. The van der Waals surface area contributed by atoms with Gasteiger partial charge in [-0.25, -0.2) is 0 Å². The van der Waals surface area contributed by atoms with Crippen LogP contribution in [0.4, 0.5) is 0 Å². The average Bonchev–Trinajstić information content (AvgIpc) is 2.61. The number of carbonyl (C=O) groups is 3. The molecule has 7 nitrogen and oxygen atoms in total. The fraction of sp³-hybridized carbons (Fsp3) is 0.471. The van der Waals surface area contributed by atoms with Crippen molar-refractivity contribution in [2.45, 2.75) is 25.4 Å². The Hall–Kier alpha value is -2.41. The largest absolute Gasteiger partial charge is 0.344 e. The standard InChI is InChI=1S/C17H24N4O3/c1-21(12-13-6-3-2-4-7-13)15(22)11-19-16(23)17(24)20-14-8-5-9-18-10-14/h2-4,6-7,14,18H,5,8-12H2,1H3,(H,19,23)(H,20,24)/t14-/m0/s1. The second-order valence-electron chi connectivity index (χ2n) is 5.93. The van der Waals surface area contributed by atoms with E-state index < -0.39 is 11.8 Å². The van der Waals surface area contributed by atoms with Gasteiger partial charge in [0.05, 0.1) is 6.54 Å². The molecule has 1 heterocycles. The van der Waals surface area contributed by atoms with Crippen molar-refractivity contribution in [3.8, 4) is 0 Å². The van der Waals surface area contributed by atoms with E-state index in [0.29, 0.717) is 13.1 Å². The van der Waals surface area contributed by atoms with Crippen LogP contribution in [0.15, 0.2) is 30.3 Å². The van der Waals surface area contributed by atoms with Crippen molar-refractivity contribution in [3.63, 3.8) is 0 Å². The summed E-state index contributed by atoms with van der Waals surface area (Å²) in [6.07, 6.45) is 1.82. The lowest BCUT2D eigenvalue weighted by atomic mass is 10.1. The van der Waals surface area contributed by atoms with Crippen LogP contribution in [0.3, 0.4) is 0 Å². The lowest BCUT2D eigenvalue weighted by Crippen LogP contribution is -2.51. The SMILES string of the molecule is CN(Cc1ccccc1)C(=O)CNC(=O)C(=O)N[C@H]1CCCNC1. The van der Waals surface area contributed by atoms with Gasteiger partial charge >= 0.3 is 11.8 Å². The maximum Gasteiger partial charge on any atom is 0.309 e. The van der Waals surface area contributed by atoms with E-state index in [1.165, 1.54) is 4.90 Å². The van der Waals surface area contributed by atoms with Crippen LogP contribution in [0.25, 0.3) is 0 Å². The Labute approximate surface area is 141 Å². The molecule has 2 rings (SSSR count). The van der Waals surface area contributed by atoms with Crippen LogP contribution < -0.4 is 16.0 Å². The smallest absolute Gasteiger partial charge is 0.309 e. The minimum Gasteiger partial charge on any atom is -0.344 e. The van der Waals surface area contributed by atoms with Crippen molar-refractivity contribution in [2.75, 3.05) is 26.7 Å². The number of hydrogen-bond acceptors (Lipinski definition) is 4. The number of amides is 3. The predicted molar refractivity (Wildman–Crippen MR) is 90.0 cm³/mol. The molecule has 0 aromatic heterocycles. The van der Waals surface area contributed by atoms with E-state index in [0.717, 1.165) is 24.9 Å². The molecule has 0 bridgehead atoms. The number of benzene rings is 1. The molecule has 3 amide bonds. The van der Waals surface area contributed by atoms with Crippen molar-refractivity contribution >= 4 is 17.7 Å². The van der Waals surface area contributed by atoms with Crippen molar-refractivity contribution < 1.29 is 14.4 Å². The Bertz CT molecular complexity index is 570. The molecule has 3 N–H and O–H groups in total. The second kappa shape index (κ2) is 9.02. The number of rotatable bonds is 5. The molecule has 0 unspecified atom stereocenters. The Balaban J connectivity index is 1.71. The van der Waals surface area contributed by atoms with E-state index in [1.807, 2.05) is 30.3 Å². The molecule has 0 spiro atoms. The van der Waals surface area contributed by atoms with Gasteiger partial charge in [-0.15, -0.1) is 0 Å². The first-order chi connectivity index (χ1) is 11.6. The molecule has 1 atom stereocenters. The normalized spacial score (nSPS) is 17.0. The summed E-state index contributed by atoms with van der Waals surface area (Å²) < 4.78 is 0. The molecule has 24 heavy (non-hydrogen) atoms. The van der Waals surface area contributed by atoms with Crippen molar-refractivity contribution in [1.29, 1.82) is 0 Å². The molecule has 130 valence electrons. The van der Waals surface area contributed by atoms with Gasteiger partial charge in [-0.05, 0) is 24.9 Å². The summed E-state index contributed by atoms with van der Waals surface area (Å²) >= 11 is 0. The summed E-state index contributed by atoms with van der Waals surface area (Å²) in [6, 6.07) is 9.53. The highest BCUT2D eigenvalue weighted by Gasteiger charge is 2.21. The zero-order valence-corrected chi connectivity index (χ0v) is 13.9. The summed E-state index contributed by atoms with van der Waals surface area (Å²) in [6.45, 7) is 1.85. The Morgan fingerprint density at radius 1 is 1.21 bits per heavy atom. The molecule has 1 aliphatic rings. The highest BCUT2D eigenvalue weighted by atomic mass is 16.2. The van der Waals surface area contributed by atoms with Gasteiger partial charge in [0.25, 0.3) is 0 Å². The van der Waals surface area contributed by atoms with Gasteiger partial charge in [0.2, 0.25) is 5.91 Å². The quantitative estimate of drug-likeness (QED) is 0.642. The Morgan fingerprint density at radius 2 is 1.96 bits per heavy atom. The van der Waals surface area contributed by atoms with Crippen molar-refractivity contribution in [2.24, 2.45) is 0 Å². The third-order valence-corrected chi connectivity index (χ3v) is 3.93. The van der Waals surface area contributed by atoms with E-state index in [4.69, 9.17) is 0 Å². The lowest BCUT2D eigenvalue weighted by molar-refractivity contribution is -0.140. The first-order valence-electron chi connectivity index (χ1n) is 8.13. The zero-order chi connectivity index (χ0) is 17.4. The number of nitrogens with one attached hydrogen (secondary N) is 3. The number of nitrogens with zero attached hydrogens (tertiary/aromatic N) is 1. The third kappa shape index (κ3) is 5.66. The van der Waals surface area contributed by atoms with Crippen LogP contribution in [0.2, 0.25) is 0 Å². The maximum absolute atomic E-state index is 12.0. The van der Waals surface area contributed by atoms with Crippen LogP contribution >= 0.6 is 0 Å². The molecule has 1 aromatic carbocycles. The molecule has 1 fully saturated rings. The molecule has 1 aromatic rings. The predicted octanol–water partition coefficient (Wildman–Crippen LogP) is -0.371. The lowest BCUT2D eigenvalue weighted by Gasteiger charge is -2.23. The summed E-state index contributed by atoms with van der Waals surface area (Å²) in [5.41, 5.74) is 1.00. The van der Waals surface area contributed by atoms with Crippen molar-refractivity contribution in [3.05, 3.63) is 35.9 Å². The summed E-state index contributed by atoms with van der Waals surface area (Å²) in [5.74, 6) is -1.72. The van der Waals surface area contributed by atoms with Gasteiger partial charge in [-0.3, -0.25) is 14.4 Å². The molecule has 0 radical (unpaired) electrons. The number of piperidine rings is 1. The minimum atomic E-state index is -0.776. The van der Waals surface area contributed by atoms with E-state index in [9.17, 15) is 14.4 Å². The summed E-state index contributed by atoms with van der Waals surface area (Å²) in [4.78, 5) is 37.1. The van der Waals surface area contributed by atoms with E-state index >= 15 is 0 Å². The number of likely N-dealkylation sites (N-methyl/N-ethyl adjacent to an activating group) is 1. The molecular weight excluding hydrogens is 308 g/mol. The molecule has 0 aliphatic carbocycles. The van der Waals surface area contributed by atoms with Gasteiger partial charge < -0.3 is 20.9 Å².